The van der Waals surface area contributed by atoms with Crippen LogP contribution in [0.15, 0.2) is 41.4 Å². The van der Waals surface area contributed by atoms with Crippen molar-refractivity contribution in [2.45, 2.75) is 55.4 Å². The number of aromatic nitrogens is 1. The van der Waals surface area contributed by atoms with Crippen molar-refractivity contribution >= 4 is 29.3 Å². The lowest BCUT2D eigenvalue weighted by molar-refractivity contribution is -0.136. The van der Waals surface area contributed by atoms with Crippen LogP contribution in [0.3, 0.4) is 0 Å². The first-order valence-electron chi connectivity index (χ1n) is 8.86. The van der Waals surface area contributed by atoms with Crippen LogP contribution in [0.1, 0.15) is 43.4 Å². The second-order valence-electron chi connectivity index (χ2n) is 6.44. The molecule has 0 spiro atoms. The molecule has 26 heavy (non-hydrogen) atoms. The third kappa shape index (κ3) is 5.64. The van der Waals surface area contributed by atoms with Crippen LogP contribution in [0.25, 0.3) is 0 Å². The van der Waals surface area contributed by atoms with Crippen molar-refractivity contribution < 1.29 is 14.6 Å². The number of halogens is 1. The fraction of sp³-hybridized carbons (Fsp3) is 0.400. The van der Waals surface area contributed by atoms with Gasteiger partial charge in [-0.3, -0.25) is 4.79 Å². The van der Waals surface area contributed by atoms with Crippen LogP contribution in [0.2, 0.25) is 5.02 Å². The molecule has 1 saturated carbocycles. The summed E-state index contributed by atoms with van der Waals surface area (Å²) in [6, 6.07) is 11.4. The van der Waals surface area contributed by atoms with Crippen LogP contribution in [0.5, 0.6) is 5.75 Å². The third-order valence-corrected chi connectivity index (χ3v) is 5.94. The third-order valence-electron chi connectivity index (χ3n) is 4.37. The summed E-state index contributed by atoms with van der Waals surface area (Å²) >= 11 is 8.12. The maximum atomic E-state index is 10.7. The van der Waals surface area contributed by atoms with Crippen molar-refractivity contribution in [1.29, 1.82) is 0 Å². The largest absolute Gasteiger partial charge is 0.486 e. The van der Waals surface area contributed by atoms with Gasteiger partial charge in [0.05, 0.1) is 15.7 Å². The smallest absolute Gasteiger partial charge is 0.303 e. The number of hydrogen-bond donors (Lipinski definition) is 1. The minimum absolute atomic E-state index is 0.0892. The molecule has 1 aliphatic rings. The van der Waals surface area contributed by atoms with Gasteiger partial charge < -0.3 is 9.84 Å². The molecule has 0 radical (unpaired) electrons. The van der Waals surface area contributed by atoms with Gasteiger partial charge in [0.25, 0.3) is 0 Å². The van der Waals surface area contributed by atoms with E-state index >= 15 is 0 Å². The Labute approximate surface area is 162 Å². The van der Waals surface area contributed by atoms with Crippen LogP contribution in [-0.2, 0) is 17.8 Å². The fourth-order valence-electron chi connectivity index (χ4n) is 3.00. The number of aryl methyl sites for hydroxylation is 1. The van der Waals surface area contributed by atoms with Crippen LogP contribution in [-0.4, -0.2) is 21.3 Å². The summed E-state index contributed by atoms with van der Waals surface area (Å²) in [5, 5.41) is 11.0. The molecule has 0 aliphatic heterocycles. The van der Waals surface area contributed by atoms with Gasteiger partial charge in [0.2, 0.25) is 0 Å². The summed E-state index contributed by atoms with van der Waals surface area (Å²) in [5.74, 6) is -0.232. The van der Waals surface area contributed by atoms with Crippen molar-refractivity contribution in [3.63, 3.8) is 0 Å². The first kappa shape index (κ1) is 19.1. The summed E-state index contributed by atoms with van der Waals surface area (Å²) in [5.41, 5.74) is 1.76. The number of carboxylic acid groups (broad SMARTS) is 1. The second kappa shape index (κ2) is 9.28. The molecule has 3 rings (SSSR count). The molecule has 1 aliphatic carbocycles. The highest BCUT2D eigenvalue weighted by molar-refractivity contribution is 7.99. The van der Waals surface area contributed by atoms with Crippen LogP contribution in [0.4, 0.5) is 0 Å². The van der Waals surface area contributed by atoms with Crippen molar-refractivity contribution in [3.8, 4) is 5.75 Å². The molecular formula is C20H22ClNO3S. The zero-order chi connectivity index (χ0) is 18.4. The Kier molecular flexibility index (Phi) is 6.80. The number of hydrogen-bond acceptors (Lipinski definition) is 4. The van der Waals surface area contributed by atoms with Crippen molar-refractivity contribution in [2.24, 2.45) is 0 Å². The molecule has 4 nitrogen and oxygen atoms in total. The van der Waals surface area contributed by atoms with E-state index in [0.29, 0.717) is 29.0 Å². The lowest BCUT2D eigenvalue weighted by Crippen LogP contribution is -2.01. The molecule has 1 aromatic carbocycles. The summed E-state index contributed by atoms with van der Waals surface area (Å²) in [7, 11) is 0. The summed E-state index contributed by atoms with van der Waals surface area (Å²) in [4.78, 5) is 15.3. The number of nitrogens with zero attached hydrogens (tertiary/aromatic N) is 1. The maximum Gasteiger partial charge on any atom is 0.303 e. The van der Waals surface area contributed by atoms with Gasteiger partial charge in [-0.2, -0.15) is 0 Å². The van der Waals surface area contributed by atoms with E-state index in [9.17, 15) is 4.79 Å². The normalized spacial score (nSPS) is 14.5. The molecule has 138 valence electrons. The van der Waals surface area contributed by atoms with Crippen molar-refractivity contribution in [1.82, 2.24) is 4.98 Å². The number of pyridine rings is 1. The predicted octanol–water partition coefficient (Wildman–Crippen LogP) is 5.37. The number of rotatable bonds is 8. The second-order valence-corrected chi connectivity index (χ2v) is 8.17. The van der Waals surface area contributed by atoms with E-state index in [1.807, 2.05) is 30.0 Å². The minimum atomic E-state index is -0.817. The number of carbonyl (C=O) groups is 1. The van der Waals surface area contributed by atoms with Crippen molar-refractivity contribution in [2.75, 3.05) is 0 Å². The topological polar surface area (TPSA) is 59.4 Å². The zero-order valence-electron chi connectivity index (χ0n) is 14.5. The summed E-state index contributed by atoms with van der Waals surface area (Å²) in [6.45, 7) is 0.354. The van der Waals surface area contributed by atoms with E-state index in [1.165, 1.54) is 25.7 Å². The first-order valence-corrected chi connectivity index (χ1v) is 10.1. The Morgan fingerprint density at radius 1 is 1.27 bits per heavy atom. The quantitative estimate of drug-likeness (QED) is 0.655. The van der Waals surface area contributed by atoms with E-state index in [-0.39, 0.29) is 6.42 Å². The number of carboxylic acids is 1. The monoisotopic (exact) mass is 391 g/mol. The molecule has 0 saturated heterocycles. The number of benzene rings is 1. The molecule has 6 heteroatoms. The lowest BCUT2D eigenvalue weighted by Gasteiger charge is -2.11. The van der Waals surface area contributed by atoms with Crippen LogP contribution in [0, 0.1) is 0 Å². The number of thioether (sulfide) groups is 1. The SMILES string of the molecule is O=C(O)CCc1ccc(OCc2cccc(SC3CCCC3)n2)c(Cl)c1. The van der Waals surface area contributed by atoms with E-state index in [4.69, 9.17) is 21.4 Å². The molecule has 0 amide bonds. The van der Waals surface area contributed by atoms with Gasteiger partial charge in [-0.05, 0) is 49.1 Å². The van der Waals surface area contributed by atoms with E-state index in [1.54, 1.807) is 12.1 Å². The molecule has 1 aromatic heterocycles. The highest BCUT2D eigenvalue weighted by Crippen LogP contribution is 2.34. The van der Waals surface area contributed by atoms with Gasteiger partial charge in [0, 0.05) is 11.7 Å². The maximum absolute atomic E-state index is 10.7. The van der Waals surface area contributed by atoms with Gasteiger partial charge in [0.1, 0.15) is 12.4 Å². The lowest BCUT2D eigenvalue weighted by atomic mass is 10.1. The average molecular weight is 392 g/mol. The number of ether oxygens (including phenoxy) is 1. The summed E-state index contributed by atoms with van der Waals surface area (Å²) in [6.07, 6.45) is 5.74. The Bertz CT molecular complexity index is 762. The molecule has 0 atom stereocenters. The van der Waals surface area contributed by atoms with Gasteiger partial charge in [-0.15, -0.1) is 11.8 Å². The minimum Gasteiger partial charge on any atom is -0.486 e. The molecule has 2 aromatic rings. The van der Waals surface area contributed by atoms with Crippen LogP contribution >= 0.6 is 23.4 Å². The van der Waals surface area contributed by atoms with Gasteiger partial charge in [-0.25, -0.2) is 4.98 Å². The summed E-state index contributed by atoms with van der Waals surface area (Å²) < 4.78 is 5.81. The van der Waals surface area contributed by atoms with E-state index in [2.05, 4.69) is 11.1 Å². The van der Waals surface area contributed by atoms with Crippen LogP contribution < -0.4 is 4.74 Å². The average Bonchev–Trinajstić information content (AvgIpc) is 3.12. The Balaban J connectivity index is 1.57. The standard InChI is InChI=1S/C20H22ClNO3S/c21-17-12-14(9-11-20(23)24)8-10-18(17)25-13-15-4-3-7-19(22-15)26-16-5-1-2-6-16/h3-4,7-8,10,12,16H,1-2,5-6,9,11,13H2,(H,23,24). The zero-order valence-corrected chi connectivity index (χ0v) is 16.1. The molecule has 1 heterocycles. The highest BCUT2D eigenvalue weighted by Gasteiger charge is 2.16. The van der Waals surface area contributed by atoms with Gasteiger partial charge in [0.15, 0.2) is 0 Å². The van der Waals surface area contributed by atoms with Gasteiger partial charge in [-0.1, -0.05) is 36.6 Å². The Morgan fingerprint density at radius 3 is 2.81 bits per heavy atom. The molecule has 1 N–H and O–H groups in total. The van der Waals surface area contributed by atoms with Gasteiger partial charge >= 0.3 is 5.97 Å². The predicted molar refractivity (Wildman–Crippen MR) is 104 cm³/mol. The fourth-order valence-corrected chi connectivity index (χ4v) is 4.50. The molecular weight excluding hydrogens is 370 g/mol. The molecule has 1 fully saturated rings. The number of aliphatic carboxylic acids is 1. The van der Waals surface area contributed by atoms with E-state index in [0.717, 1.165) is 16.3 Å². The Morgan fingerprint density at radius 2 is 2.08 bits per heavy atom. The highest BCUT2D eigenvalue weighted by atomic mass is 35.5. The molecule has 0 unspecified atom stereocenters. The van der Waals surface area contributed by atoms with E-state index < -0.39 is 5.97 Å². The molecule has 0 bridgehead atoms. The first-order chi connectivity index (χ1) is 12.6. The van der Waals surface area contributed by atoms with Crippen molar-refractivity contribution in [3.05, 3.63) is 52.7 Å². The Hall–Kier alpha value is -1.72.